The average molecular weight is 846 g/mol. The zero-order valence-corrected chi connectivity index (χ0v) is 38.0. The molecule has 11 heteroatoms. The third-order valence-corrected chi connectivity index (χ3v) is 12.4. The number of hydrogen-bond donors (Lipinski definition) is 8. The maximum absolute atomic E-state index is 13.1. The molecule has 0 aromatic rings. The normalized spacial score (nSPS) is 21.7. The number of aliphatic hydroxyl groups is 7. The van der Waals surface area contributed by atoms with Crippen LogP contribution in [0.15, 0.2) is 0 Å². The van der Waals surface area contributed by atoms with E-state index in [2.05, 4.69) is 19.2 Å². The van der Waals surface area contributed by atoms with Crippen LogP contribution in [0.2, 0.25) is 0 Å². The van der Waals surface area contributed by atoms with E-state index in [-0.39, 0.29) is 6.42 Å². The molecule has 0 aromatic carbocycles. The first-order valence-electron chi connectivity index (χ1n) is 24.9. The lowest BCUT2D eigenvalue weighted by molar-refractivity contribution is -0.303. The first kappa shape index (κ1) is 56.1. The van der Waals surface area contributed by atoms with E-state index in [4.69, 9.17) is 9.47 Å². The Kier molecular flexibility index (Phi) is 36.9. The van der Waals surface area contributed by atoms with Gasteiger partial charge >= 0.3 is 0 Å². The van der Waals surface area contributed by atoms with Gasteiger partial charge in [-0.3, -0.25) is 4.79 Å². The average Bonchev–Trinajstić information content (AvgIpc) is 3.23. The maximum atomic E-state index is 13.1. The summed E-state index contributed by atoms with van der Waals surface area (Å²) in [4.78, 5) is 13.1. The standard InChI is InChI=1S/C48H95NO10/c1-3-5-7-9-11-13-15-17-19-20-21-22-24-26-28-30-32-34-36-41(52)47(57)49-39(38-58-48-46(56)45(55)44(54)42(37-50)59-48)43(53)40(51)35-33-31-29-27-25-23-18-16-14-12-10-8-6-4-2/h39-46,48,50-56H,3-38H2,1-2H3,(H,49,57). The van der Waals surface area contributed by atoms with Crippen LogP contribution in [0.1, 0.15) is 232 Å². The Morgan fingerprint density at radius 1 is 0.525 bits per heavy atom. The molecule has 59 heavy (non-hydrogen) atoms. The number of ether oxygens (including phenoxy) is 2. The maximum Gasteiger partial charge on any atom is 0.249 e. The summed E-state index contributed by atoms with van der Waals surface area (Å²) in [6.07, 6.45) is 28.6. The molecule has 1 rings (SSSR count). The first-order valence-corrected chi connectivity index (χ1v) is 24.9. The zero-order chi connectivity index (χ0) is 43.4. The Bertz CT molecular complexity index is 928. The molecule has 0 spiro atoms. The summed E-state index contributed by atoms with van der Waals surface area (Å²) in [7, 11) is 0. The quantitative estimate of drug-likeness (QED) is 0.0276. The molecule has 0 aliphatic carbocycles. The van der Waals surface area contributed by atoms with Gasteiger partial charge in [-0.2, -0.15) is 0 Å². The van der Waals surface area contributed by atoms with Crippen molar-refractivity contribution in [2.45, 2.75) is 287 Å². The van der Waals surface area contributed by atoms with E-state index in [0.717, 1.165) is 38.5 Å². The number of unbranched alkanes of at least 4 members (excludes halogenated alkanes) is 30. The van der Waals surface area contributed by atoms with Gasteiger partial charge in [-0.25, -0.2) is 0 Å². The predicted molar refractivity (Wildman–Crippen MR) is 238 cm³/mol. The van der Waals surface area contributed by atoms with E-state index < -0.39 is 74.2 Å². The van der Waals surface area contributed by atoms with E-state index in [0.29, 0.717) is 19.3 Å². The van der Waals surface area contributed by atoms with Crippen molar-refractivity contribution in [2.75, 3.05) is 13.2 Å². The molecule has 1 fully saturated rings. The monoisotopic (exact) mass is 846 g/mol. The Balaban J connectivity index is 2.39. The first-order chi connectivity index (χ1) is 28.7. The van der Waals surface area contributed by atoms with Gasteiger partial charge in [0.05, 0.1) is 25.4 Å². The smallest absolute Gasteiger partial charge is 0.249 e. The van der Waals surface area contributed by atoms with Crippen LogP contribution in [0, 0.1) is 0 Å². The van der Waals surface area contributed by atoms with Gasteiger partial charge in [0.25, 0.3) is 0 Å². The van der Waals surface area contributed by atoms with Crippen LogP contribution in [-0.4, -0.2) is 110 Å². The van der Waals surface area contributed by atoms with Crippen LogP contribution < -0.4 is 5.32 Å². The van der Waals surface area contributed by atoms with Crippen molar-refractivity contribution in [3.8, 4) is 0 Å². The summed E-state index contributed by atoms with van der Waals surface area (Å²) < 4.78 is 11.1. The second-order valence-electron chi connectivity index (χ2n) is 17.9. The van der Waals surface area contributed by atoms with Gasteiger partial charge in [-0.1, -0.05) is 219 Å². The second kappa shape index (κ2) is 38.8. The second-order valence-corrected chi connectivity index (χ2v) is 17.9. The molecule has 1 amide bonds. The van der Waals surface area contributed by atoms with E-state index in [9.17, 15) is 40.5 Å². The molecule has 1 aliphatic heterocycles. The van der Waals surface area contributed by atoms with Crippen molar-refractivity contribution in [3.63, 3.8) is 0 Å². The predicted octanol–water partition coefficient (Wildman–Crippen LogP) is 8.67. The summed E-state index contributed by atoms with van der Waals surface area (Å²) in [5, 5.41) is 75.8. The van der Waals surface area contributed by atoms with Crippen molar-refractivity contribution in [1.29, 1.82) is 0 Å². The lowest BCUT2D eigenvalue weighted by atomic mass is 9.98. The molecule has 9 unspecified atom stereocenters. The number of aliphatic hydroxyl groups excluding tert-OH is 7. The molecule has 352 valence electrons. The van der Waals surface area contributed by atoms with Gasteiger partial charge in [0.15, 0.2) is 6.29 Å². The summed E-state index contributed by atoms with van der Waals surface area (Å²) in [6.45, 7) is 3.46. The fraction of sp³-hybridized carbons (Fsp3) is 0.979. The highest BCUT2D eigenvalue weighted by Gasteiger charge is 2.44. The van der Waals surface area contributed by atoms with Crippen molar-refractivity contribution in [2.24, 2.45) is 0 Å². The molecule has 1 heterocycles. The minimum absolute atomic E-state index is 0.266. The third-order valence-electron chi connectivity index (χ3n) is 12.4. The number of carbonyl (C=O) groups is 1. The van der Waals surface area contributed by atoms with Gasteiger partial charge in [-0.05, 0) is 12.8 Å². The van der Waals surface area contributed by atoms with Crippen LogP contribution in [0.5, 0.6) is 0 Å². The molecule has 0 saturated carbocycles. The minimum Gasteiger partial charge on any atom is -0.394 e. The molecule has 11 nitrogen and oxygen atoms in total. The summed E-state index contributed by atoms with van der Waals surface area (Å²) >= 11 is 0. The van der Waals surface area contributed by atoms with E-state index in [1.54, 1.807) is 0 Å². The van der Waals surface area contributed by atoms with Crippen molar-refractivity contribution >= 4 is 5.91 Å². The zero-order valence-electron chi connectivity index (χ0n) is 38.0. The lowest BCUT2D eigenvalue weighted by Gasteiger charge is -2.40. The van der Waals surface area contributed by atoms with Gasteiger partial charge in [0, 0.05) is 0 Å². The molecule has 0 radical (unpaired) electrons. The van der Waals surface area contributed by atoms with Crippen LogP contribution in [0.4, 0.5) is 0 Å². The van der Waals surface area contributed by atoms with Crippen molar-refractivity contribution in [3.05, 3.63) is 0 Å². The lowest BCUT2D eigenvalue weighted by Crippen LogP contribution is -2.60. The Labute approximate surface area is 360 Å². The Morgan fingerprint density at radius 2 is 0.881 bits per heavy atom. The van der Waals surface area contributed by atoms with Crippen LogP contribution >= 0.6 is 0 Å². The fourth-order valence-corrected chi connectivity index (χ4v) is 8.27. The molecular weight excluding hydrogens is 751 g/mol. The van der Waals surface area contributed by atoms with Gasteiger partial charge in [0.1, 0.15) is 36.6 Å². The Hall–Kier alpha value is -0.890. The largest absolute Gasteiger partial charge is 0.394 e. The van der Waals surface area contributed by atoms with Gasteiger partial charge in [0.2, 0.25) is 5.91 Å². The molecule has 9 atom stereocenters. The topological polar surface area (TPSA) is 189 Å². The summed E-state index contributed by atoms with van der Waals surface area (Å²) in [6, 6.07) is -1.16. The Morgan fingerprint density at radius 3 is 1.25 bits per heavy atom. The highest BCUT2D eigenvalue weighted by atomic mass is 16.7. The van der Waals surface area contributed by atoms with Crippen LogP contribution in [0.25, 0.3) is 0 Å². The van der Waals surface area contributed by atoms with E-state index >= 15 is 0 Å². The van der Waals surface area contributed by atoms with Crippen molar-refractivity contribution < 1.29 is 50.0 Å². The highest BCUT2D eigenvalue weighted by molar-refractivity contribution is 5.80. The number of hydrogen-bond acceptors (Lipinski definition) is 10. The number of nitrogens with one attached hydrogen (secondary N) is 1. The molecule has 1 aliphatic rings. The number of amides is 1. The molecule has 0 bridgehead atoms. The van der Waals surface area contributed by atoms with E-state index in [1.807, 2.05) is 0 Å². The highest BCUT2D eigenvalue weighted by Crippen LogP contribution is 2.23. The molecule has 1 saturated heterocycles. The summed E-state index contributed by atoms with van der Waals surface area (Å²) in [5.74, 6) is -0.692. The van der Waals surface area contributed by atoms with Crippen LogP contribution in [0.3, 0.4) is 0 Å². The van der Waals surface area contributed by atoms with E-state index in [1.165, 1.54) is 154 Å². The molecular formula is C48H95NO10. The van der Waals surface area contributed by atoms with Gasteiger partial charge in [-0.15, -0.1) is 0 Å². The SMILES string of the molecule is CCCCCCCCCCCCCCCCCCCCC(O)C(=O)NC(COC1OC(CO)C(O)C(O)C1O)C(O)C(O)CCCCCCCCCCCCCCCC. The van der Waals surface area contributed by atoms with Gasteiger partial charge < -0.3 is 50.5 Å². The summed E-state index contributed by atoms with van der Waals surface area (Å²) in [5.41, 5.74) is 0. The molecule has 0 aromatic heterocycles. The minimum atomic E-state index is -1.66. The third kappa shape index (κ3) is 28.4. The number of carbonyl (C=O) groups excluding carboxylic acids is 1. The van der Waals surface area contributed by atoms with Crippen molar-refractivity contribution in [1.82, 2.24) is 5.32 Å². The molecule has 8 N–H and O–H groups in total. The number of rotatable bonds is 42. The van der Waals surface area contributed by atoms with Crippen LogP contribution in [-0.2, 0) is 14.3 Å². The fourth-order valence-electron chi connectivity index (χ4n) is 8.27.